The van der Waals surface area contributed by atoms with Gasteiger partial charge in [0.15, 0.2) is 11.5 Å². The number of carbonyl (C=O) groups is 1. The number of para-hydroxylation sites is 2. The van der Waals surface area contributed by atoms with Gasteiger partial charge in [-0.2, -0.15) is 0 Å². The Morgan fingerprint density at radius 2 is 1.75 bits per heavy atom. The zero-order chi connectivity index (χ0) is 17.4. The highest BCUT2D eigenvalue weighted by Gasteiger charge is 2.04. The summed E-state index contributed by atoms with van der Waals surface area (Å²) in [6, 6.07) is 12.7. The monoisotopic (exact) mass is 392 g/mol. The van der Waals surface area contributed by atoms with Crippen molar-refractivity contribution >= 4 is 28.0 Å². The molecule has 0 fully saturated rings. The van der Waals surface area contributed by atoms with E-state index >= 15 is 0 Å². The van der Waals surface area contributed by atoms with Gasteiger partial charge in [-0.3, -0.25) is 0 Å². The predicted octanol–water partition coefficient (Wildman–Crippen LogP) is 4.01. The molecule has 0 saturated heterocycles. The molecule has 0 atom stereocenters. The quantitative estimate of drug-likeness (QED) is 0.542. The van der Waals surface area contributed by atoms with Crippen LogP contribution in [0.3, 0.4) is 0 Å². The van der Waals surface area contributed by atoms with Gasteiger partial charge in [0.05, 0.1) is 11.6 Å². The molecule has 0 aliphatic heterocycles. The molecular weight excluding hydrogens is 376 g/mol. The van der Waals surface area contributed by atoms with E-state index < -0.39 is 5.97 Å². The van der Waals surface area contributed by atoms with E-state index in [9.17, 15) is 4.79 Å². The number of hydrogen-bond donors (Lipinski definition) is 1. The van der Waals surface area contributed by atoms with E-state index in [1.807, 2.05) is 24.3 Å². The summed E-state index contributed by atoms with van der Waals surface area (Å²) in [5.74, 6) is 1.01. The van der Waals surface area contributed by atoms with Crippen LogP contribution in [0.2, 0.25) is 0 Å². The van der Waals surface area contributed by atoms with Crippen molar-refractivity contribution in [1.82, 2.24) is 0 Å². The van der Waals surface area contributed by atoms with Crippen LogP contribution in [-0.4, -0.2) is 31.4 Å². The van der Waals surface area contributed by atoms with E-state index in [1.165, 1.54) is 6.08 Å². The number of aliphatic carboxylic acids is 1. The lowest BCUT2D eigenvalue weighted by atomic mass is 10.2. The lowest BCUT2D eigenvalue weighted by Gasteiger charge is -2.12. The SMILES string of the molecule is COc1ccccc1OCCOc1ccc(C=CC(=O)O)cc1Br. The molecule has 2 rings (SSSR count). The van der Waals surface area contributed by atoms with Gasteiger partial charge in [-0.05, 0) is 51.8 Å². The third-order valence-electron chi connectivity index (χ3n) is 3.04. The van der Waals surface area contributed by atoms with Crippen LogP contribution in [0.15, 0.2) is 53.0 Å². The number of ether oxygens (including phenoxy) is 3. The van der Waals surface area contributed by atoms with Crippen molar-refractivity contribution in [2.75, 3.05) is 20.3 Å². The summed E-state index contributed by atoms with van der Waals surface area (Å²) in [4.78, 5) is 10.5. The fourth-order valence-corrected chi connectivity index (χ4v) is 2.46. The first-order valence-corrected chi connectivity index (χ1v) is 7.98. The van der Waals surface area contributed by atoms with Gasteiger partial charge < -0.3 is 19.3 Å². The van der Waals surface area contributed by atoms with Crippen LogP contribution < -0.4 is 14.2 Å². The van der Waals surface area contributed by atoms with Crippen molar-refractivity contribution in [2.45, 2.75) is 0 Å². The Morgan fingerprint density at radius 3 is 2.38 bits per heavy atom. The van der Waals surface area contributed by atoms with Crippen molar-refractivity contribution < 1.29 is 24.1 Å². The molecule has 0 aliphatic rings. The molecule has 0 bridgehead atoms. The largest absolute Gasteiger partial charge is 0.493 e. The fraction of sp³-hybridized carbons (Fsp3) is 0.167. The maximum atomic E-state index is 10.5. The minimum absolute atomic E-state index is 0.362. The summed E-state index contributed by atoms with van der Waals surface area (Å²) in [5, 5.41) is 8.63. The summed E-state index contributed by atoms with van der Waals surface area (Å²) < 4.78 is 17.3. The van der Waals surface area contributed by atoms with Gasteiger partial charge in [0.1, 0.15) is 19.0 Å². The molecule has 2 aromatic carbocycles. The van der Waals surface area contributed by atoms with Gasteiger partial charge in [-0.1, -0.05) is 18.2 Å². The molecule has 24 heavy (non-hydrogen) atoms. The Kier molecular flexibility index (Phi) is 6.69. The normalized spacial score (nSPS) is 10.6. The molecule has 0 aliphatic carbocycles. The maximum Gasteiger partial charge on any atom is 0.328 e. The predicted molar refractivity (Wildman–Crippen MR) is 94.8 cm³/mol. The van der Waals surface area contributed by atoms with Gasteiger partial charge in [0, 0.05) is 6.08 Å². The highest BCUT2D eigenvalue weighted by Crippen LogP contribution is 2.27. The van der Waals surface area contributed by atoms with Gasteiger partial charge in [-0.15, -0.1) is 0 Å². The average molecular weight is 393 g/mol. The summed E-state index contributed by atoms with van der Waals surface area (Å²) in [6.45, 7) is 0.731. The molecule has 5 nitrogen and oxygen atoms in total. The van der Waals surface area contributed by atoms with Crippen LogP contribution in [0.1, 0.15) is 5.56 Å². The molecule has 0 amide bonds. The third-order valence-corrected chi connectivity index (χ3v) is 3.66. The number of methoxy groups -OCH3 is 1. The standard InChI is InChI=1S/C18H17BrO5/c1-22-16-4-2-3-5-17(16)24-11-10-23-15-8-6-13(12-14(15)19)7-9-18(20)21/h2-9,12H,10-11H2,1H3,(H,20,21). The highest BCUT2D eigenvalue weighted by atomic mass is 79.9. The second-order valence-electron chi connectivity index (χ2n) is 4.71. The van der Waals surface area contributed by atoms with E-state index in [-0.39, 0.29) is 0 Å². The Hall–Kier alpha value is -2.47. The topological polar surface area (TPSA) is 65.0 Å². The molecule has 0 saturated carbocycles. The molecule has 0 spiro atoms. The summed E-state index contributed by atoms with van der Waals surface area (Å²) in [6.07, 6.45) is 2.60. The molecular formula is C18H17BrO5. The zero-order valence-corrected chi connectivity index (χ0v) is 14.7. The number of benzene rings is 2. The molecule has 0 unspecified atom stereocenters. The molecule has 0 aromatic heterocycles. The van der Waals surface area contributed by atoms with E-state index in [0.717, 1.165) is 16.1 Å². The lowest BCUT2D eigenvalue weighted by Crippen LogP contribution is -2.09. The first-order valence-electron chi connectivity index (χ1n) is 7.19. The molecule has 2 aromatic rings. The summed E-state index contributed by atoms with van der Waals surface area (Å²) >= 11 is 3.41. The van der Waals surface area contributed by atoms with Crippen LogP contribution in [0, 0.1) is 0 Å². The molecule has 126 valence electrons. The van der Waals surface area contributed by atoms with Crippen molar-refractivity contribution in [2.24, 2.45) is 0 Å². The van der Waals surface area contributed by atoms with Crippen molar-refractivity contribution in [1.29, 1.82) is 0 Å². The first-order chi connectivity index (χ1) is 11.6. The second-order valence-corrected chi connectivity index (χ2v) is 5.56. The van der Waals surface area contributed by atoms with E-state index in [1.54, 1.807) is 25.3 Å². The van der Waals surface area contributed by atoms with Crippen LogP contribution in [0.5, 0.6) is 17.2 Å². The number of carboxylic acid groups (broad SMARTS) is 1. The van der Waals surface area contributed by atoms with Crippen LogP contribution in [0.25, 0.3) is 6.08 Å². The number of rotatable bonds is 8. The molecule has 0 radical (unpaired) electrons. The zero-order valence-electron chi connectivity index (χ0n) is 13.1. The van der Waals surface area contributed by atoms with Crippen molar-refractivity contribution in [3.63, 3.8) is 0 Å². The third kappa shape index (κ3) is 5.31. The first kappa shape index (κ1) is 17.9. The summed E-state index contributed by atoms with van der Waals surface area (Å²) in [5.41, 5.74) is 0.766. The smallest absolute Gasteiger partial charge is 0.328 e. The Bertz CT molecular complexity index is 727. The van der Waals surface area contributed by atoms with Gasteiger partial charge in [-0.25, -0.2) is 4.79 Å². The summed E-state index contributed by atoms with van der Waals surface area (Å²) in [7, 11) is 1.59. The number of halogens is 1. The second kappa shape index (κ2) is 8.98. The van der Waals surface area contributed by atoms with E-state index in [0.29, 0.717) is 30.5 Å². The number of hydrogen-bond acceptors (Lipinski definition) is 4. The minimum Gasteiger partial charge on any atom is -0.493 e. The highest BCUT2D eigenvalue weighted by molar-refractivity contribution is 9.10. The Balaban J connectivity index is 1.87. The van der Waals surface area contributed by atoms with E-state index in [4.69, 9.17) is 19.3 Å². The van der Waals surface area contributed by atoms with Crippen molar-refractivity contribution in [3.05, 3.63) is 58.6 Å². The number of carboxylic acids is 1. The van der Waals surface area contributed by atoms with Gasteiger partial charge in [0.2, 0.25) is 0 Å². The van der Waals surface area contributed by atoms with Gasteiger partial charge >= 0.3 is 5.97 Å². The van der Waals surface area contributed by atoms with E-state index in [2.05, 4.69) is 15.9 Å². The average Bonchev–Trinajstić information content (AvgIpc) is 2.58. The molecule has 1 N–H and O–H groups in total. The Labute approximate surface area is 148 Å². The van der Waals surface area contributed by atoms with Crippen LogP contribution in [-0.2, 0) is 4.79 Å². The van der Waals surface area contributed by atoms with Crippen LogP contribution in [0.4, 0.5) is 0 Å². The molecule has 6 heteroatoms. The maximum absolute atomic E-state index is 10.5. The van der Waals surface area contributed by atoms with Crippen molar-refractivity contribution in [3.8, 4) is 17.2 Å². The van der Waals surface area contributed by atoms with Crippen LogP contribution >= 0.6 is 15.9 Å². The lowest BCUT2D eigenvalue weighted by molar-refractivity contribution is -0.131. The Morgan fingerprint density at radius 1 is 1.08 bits per heavy atom. The fourth-order valence-electron chi connectivity index (χ4n) is 1.95. The molecule has 0 heterocycles. The van der Waals surface area contributed by atoms with Gasteiger partial charge in [0.25, 0.3) is 0 Å². The minimum atomic E-state index is -0.986.